The largest absolute Gasteiger partial charge is 0.493 e. The number of nitrogens with one attached hydrogen (secondary N) is 2. The molecule has 0 saturated heterocycles. The fourth-order valence-electron chi connectivity index (χ4n) is 2.84. The molecule has 8 nitrogen and oxygen atoms in total. The minimum atomic E-state index is -0.576. The Kier molecular flexibility index (Phi) is 8.45. The number of aromatic nitrogens is 1. The van der Waals surface area contributed by atoms with Crippen LogP contribution in [0.5, 0.6) is 11.5 Å². The summed E-state index contributed by atoms with van der Waals surface area (Å²) in [6.45, 7) is 6.41. The molecule has 1 heterocycles. The van der Waals surface area contributed by atoms with E-state index in [0.717, 1.165) is 12.2 Å². The number of rotatable bonds is 9. The van der Waals surface area contributed by atoms with Crippen molar-refractivity contribution in [1.82, 2.24) is 4.98 Å². The van der Waals surface area contributed by atoms with Crippen molar-refractivity contribution < 1.29 is 23.8 Å². The SMILES string of the molecule is CC(C)(C)OC(=O)Nc1ccc(NC(=O)c2ccc(OCCCOc3cccnc3)cc2)cc1. The maximum absolute atomic E-state index is 12.5. The van der Waals surface area contributed by atoms with E-state index in [4.69, 9.17) is 14.2 Å². The predicted molar refractivity (Wildman–Crippen MR) is 131 cm³/mol. The predicted octanol–water partition coefficient (Wildman–Crippen LogP) is 5.53. The first-order valence-electron chi connectivity index (χ1n) is 11.0. The molecule has 0 bridgehead atoms. The Bertz CT molecular complexity index is 1060. The van der Waals surface area contributed by atoms with Crippen molar-refractivity contribution in [2.75, 3.05) is 23.8 Å². The summed E-state index contributed by atoms with van der Waals surface area (Å²) in [5.74, 6) is 1.16. The molecule has 2 aromatic carbocycles. The van der Waals surface area contributed by atoms with Gasteiger partial charge >= 0.3 is 6.09 Å². The third kappa shape index (κ3) is 8.46. The Hall–Kier alpha value is -4.07. The number of pyridine rings is 1. The normalized spacial score (nSPS) is 10.8. The standard InChI is InChI=1S/C26H29N3O5/c1-26(2,3)34-25(31)29-21-11-9-20(10-12-21)28-24(30)19-7-13-22(14-8-19)32-16-5-17-33-23-6-4-15-27-18-23/h4,6-15,18H,5,16-17H2,1-3H3,(H,28,30)(H,29,31). The summed E-state index contributed by atoms with van der Waals surface area (Å²) < 4.78 is 16.5. The van der Waals surface area contributed by atoms with E-state index in [1.165, 1.54) is 0 Å². The number of nitrogens with zero attached hydrogens (tertiary/aromatic N) is 1. The molecule has 3 aromatic rings. The van der Waals surface area contributed by atoms with Crippen molar-refractivity contribution in [3.8, 4) is 11.5 Å². The zero-order valence-electron chi connectivity index (χ0n) is 19.5. The molecule has 8 heteroatoms. The molecule has 1 aromatic heterocycles. The monoisotopic (exact) mass is 463 g/mol. The topological polar surface area (TPSA) is 98.8 Å². The molecular weight excluding hydrogens is 434 g/mol. The zero-order valence-corrected chi connectivity index (χ0v) is 19.5. The van der Waals surface area contributed by atoms with Gasteiger partial charge in [-0.25, -0.2) is 4.79 Å². The molecule has 0 radical (unpaired) electrons. The van der Waals surface area contributed by atoms with Gasteiger partial charge in [-0.05, 0) is 81.4 Å². The van der Waals surface area contributed by atoms with Crippen LogP contribution in [-0.4, -0.2) is 35.8 Å². The molecule has 3 rings (SSSR count). The van der Waals surface area contributed by atoms with E-state index in [2.05, 4.69) is 15.6 Å². The quantitative estimate of drug-likeness (QED) is 0.405. The highest BCUT2D eigenvalue weighted by molar-refractivity contribution is 6.04. The maximum Gasteiger partial charge on any atom is 0.412 e. The summed E-state index contributed by atoms with van der Waals surface area (Å²) in [5.41, 5.74) is 1.10. The molecule has 0 aliphatic carbocycles. The molecule has 178 valence electrons. The van der Waals surface area contributed by atoms with Crippen LogP contribution in [0, 0.1) is 0 Å². The second-order valence-electron chi connectivity index (χ2n) is 8.42. The van der Waals surface area contributed by atoms with Gasteiger partial charge in [0, 0.05) is 29.6 Å². The molecule has 0 unspecified atom stereocenters. The van der Waals surface area contributed by atoms with E-state index in [0.29, 0.717) is 35.9 Å². The van der Waals surface area contributed by atoms with Crippen LogP contribution in [0.3, 0.4) is 0 Å². The summed E-state index contributed by atoms with van der Waals surface area (Å²) in [7, 11) is 0. The van der Waals surface area contributed by atoms with Crippen molar-refractivity contribution in [2.24, 2.45) is 0 Å². The van der Waals surface area contributed by atoms with E-state index < -0.39 is 11.7 Å². The highest BCUT2D eigenvalue weighted by Crippen LogP contribution is 2.18. The fourth-order valence-corrected chi connectivity index (χ4v) is 2.84. The van der Waals surface area contributed by atoms with Crippen molar-refractivity contribution in [2.45, 2.75) is 32.8 Å². The van der Waals surface area contributed by atoms with Gasteiger partial charge in [-0.3, -0.25) is 15.1 Å². The molecule has 0 saturated carbocycles. The highest BCUT2D eigenvalue weighted by Gasteiger charge is 2.16. The van der Waals surface area contributed by atoms with Gasteiger partial charge in [-0.15, -0.1) is 0 Å². The van der Waals surface area contributed by atoms with Crippen LogP contribution in [0.25, 0.3) is 0 Å². The molecule has 0 aliphatic heterocycles. The summed E-state index contributed by atoms with van der Waals surface area (Å²) >= 11 is 0. The minimum Gasteiger partial charge on any atom is -0.493 e. The van der Waals surface area contributed by atoms with Crippen molar-refractivity contribution in [1.29, 1.82) is 0 Å². The van der Waals surface area contributed by atoms with Gasteiger partial charge in [0.2, 0.25) is 0 Å². The average molecular weight is 464 g/mol. The third-order valence-electron chi connectivity index (χ3n) is 4.37. The van der Waals surface area contributed by atoms with E-state index in [1.54, 1.807) is 81.7 Å². The van der Waals surface area contributed by atoms with Gasteiger partial charge in [0.1, 0.15) is 17.1 Å². The zero-order chi connectivity index (χ0) is 24.4. The Balaban J connectivity index is 1.41. The summed E-state index contributed by atoms with van der Waals surface area (Å²) in [4.78, 5) is 28.4. The molecule has 2 N–H and O–H groups in total. The van der Waals surface area contributed by atoms with E-state index in [9.17, 15) is 9.59 Å². The Labute approximate surface area is 199 Å². The van der Waals surface area contributed by atoms with Crippen LogP contribution in [0.4, 0.5) is 16.2 Å². The Morgan fingerprint density at radius 2 is 1.44 bits per heavy atom. The number of hydrogen-bond acceptors (Lipinski definition) is 6. The second-order valence-corrected chi connectivity index (χ2v) is 8.42. The molecule has 0 atom stereocenters. The number of ether oxygens (including phenoxy) is 3. The van der Waals surface area contributed by atoms with Gasteiger partial charge in [0.05, 0.1) is 19.4 Å². The van der Waals surface area contributed by atoms with Gasteiger partial charge in [0.15, 0.2) is 0 Å². The lowest BCUT2D eigenvalue weighted by atomic mass is 10.2. The smallest absolute Gasteiger partial charge is 0.412 e. The number of carbonyl (C=O) groups excluding carboxylic acids is 2. The minimum absolute atomic E-state index is 0.246. The van der Waals surface area contributed by atoms with Gasteiger partial charge < -0.3 is 19.5 Å². The van der Waals surface area contributed by atoms with Gasteiger partial charge in [-0.2, -0.15) is 0 Å². The molecule has 34 heavy (non-hydrogen) atoms. The molecule has 0 fully saturated rings. The van der Waals surface area contributed by atoms with Crippen LogP contribution in [0.15, 0.2) is 73.1 Å². The van der Waals surface area contributed by atoms with Gasteiger partial charge in [0.25, 0.3) is 5.91 Å². The first-order valence-corrected chi connectivity index (χ1v) is 11.0. The fraction of sp³-hybridized carbons (Fsp3) is 0.269. The summed E-state index contributed by atoms with van der Waals surface area (Å²) in [6, 6.07) is 17.4. The number of benzene rings is 2. The van der Waals surface area contributed by atoms with Crippen LogP contribution in [0.1, 0.15) is 37.6 Å². The lowest BCUT2D eigenvalue weighted by Crippen LogP contribution is -2.27. The van der Waals surface area contributed by atoms with E-state index >= 15 is 0 Å². The number of carbonyl (C=O) groups is 2. The molecule has 0 spiro atoms. The first kappa shape index (κ1) is 24.6. The second kappa shape index (κ2) is 11.7. The van der Waals surface area contributed by atoms with Crippen molar-refractivity contribution >= 4 is 23.4 Å². The van der Waals surface area contributed by atoms with Crippen LogP contribution < -0.4 is 20.1 Å². The Morgan fingerprint density at radius 3 is 2.03 bits per heavy atom. The van der Waals surface area contributed by atoms with Gasteiger partial charge in [-0.1, -0.05) is 0 Å². The molecule has 2 amide bonds. The lowest BCUT2D eigenvalue weighted by Gasteiger charge is -2.19. The first-order chi connectivity index (χ1) is 16.3. The third-order valence-corrected chi connectivity index (χ3v) is 4.37. The number of anilines is 2. The lowest BCUT2D eigenvalue weighted by molar-refractivity contribution is 0.0635. The van der Waals surface area contributed by atoms with Crippen molar-refractivity contribution in [3.63, 3.8) is 0 Å². The van der Waals surface area contributed by atoms with Crippen LogP contribution in [0.2, 0.25) is 0 Å². The molecular formula is C26H29N3O5. The maximum atomic E-state index is 12.5. The van der Waals surface area contributed by atoms with E-state index in [1.807, 2.05) is 12.1 Å². The van der Waals surface area contributed by atoms with E-state index in [-0.39, 0.29) is 5.91 Å². The van der Waals surface area contributed by atoms with Crippen molar-refractivity contribution in [3.05, 3.63) is 78.6 Å². The average Bonchev–Trinajstić information content (AvgIpc) is 2.80. The highest BCUT2D eigenvalue weighted by atomic mass is 16.6. The molecule has 0 aliphatic rings. The number of hydrogen-bond donors (Lipinski definition) is 2. The Morgan fingerprint density at radius 1 is 0.824 bits per heavy atom. The summed E-state index contributed by atoms with van der Waals surface area (Å²) in [6.07, 6.45) is 3.55. The summed E-state index contributed by atoms with van der Waals surface area (Å²) in [5, 5.41) is 5.48. The van der Waals surface area contributed by atoms with Crippen LogP contribution >= 0.6 is 0 Å². The number of amides is 2. The van der Waals surface area contributed by atoms with Crippen LogP contribution in [-0.2, 0) is 4.74 Å².